The van der Waals surface area contributed by atoms with E-state index in [-0.39, 0.29) is 12.2 Å². The van der Waals surface area contributed by atoms with E-state index in [1.54, 1.807) is 18.0 Å². The summed E-state index contributed by atoms with van der Waals surface area (Å²) in [4.78, 5) is 11.7. The Morgan fingerprint density at radius 2 is 1.96 bits per heavy atom. The lowest BCUT2D eigenvalue weighted by molar-refractivity contribution is -0.00569. The smallest absolute Gasteiger partial charge is 0.229 e. The third-order valence-corrected chi connectivity index (χ3v) is 4.62. The number of fused-ring (bicyclic) bond motifs is 1. The van der Waals surface area contributed by atoms with Crippen molar-refractivity contribution >= 4 is 28.5 Å². The summed E-state index contributed by atoms with van der Waals surface area (Å²) < 4.78 is 12.9. The van der Waals surface area contributed by atoms with Crippen molar-refractivity contribution in [2.45, 2.75) is 26.1 Å². The van der Waals surface area contributed by atoms with Gasteiger partial charge in [0.15, 0.2) is 5.65 Å². The van der Waals surface area contributed by atoms with Crippen LogP contribution in [0.15, 0.2) is 30.5 Å². The number of nitrogens with zero attached hydrogens (tertiary/aromatic N) is 5. The zero-order chi connectivity index (χ0) is 19.0. The largest absolute Gasteiger partial charge is 0.497 e. The SMILES string of the molecule is COc1cccc(Nc2nc(N3C[C@@H](C)O[C@H](C)C3)nc3c2cnn3C)c1. The summed E-state index contributed by atoms with van der Waals surface area (Å²) in [7, 11) is 3.54. The van der Waals surface area contributed by atoms with Gasteiger partial charge in [-0.05, 0) is 26.0 Å². The fourth-order valence-corrected chi connectivity index (χ4v) is 3.43. The number of benzene rings is 1. The molecule has 1 aliphatic heterocycles. The van der Waals surface area contributed by atoms with Gasteiger partial charge in [-0.25, -0.2) is 0 Å². The van der Waals surface area contributed by atoms with Crippen LogP contribution in [0.2, 0.25) is 0 Å². The van der Waals surface area contributed by atoms with E-state index in [1.807, 2.05) is 31.3 Å². The van der Waals surface area contributed by atoms with Gasteiger partial charge in [0.2, 0.25) is 5.95 Å². The molecule has 1 fully saturated rings. The molecule has 3 aromatic rings. The summed E-state index contributed by atoms with van der Waals surface area (Å²) in [6, 6.07) is 7.76. The van der Waals surface area contributed by atoms with E-state index in [2.05, 4.69) is 29.2 Å². The molecule has 0 amide bonds. The summed E-state index contributed by atoms with van der Waals surface area (Å²) in [5, 5.41) is 8.62. The Hall–Kier alpha value is -2.87. The van der Waals surface area contributed by atoms with Gasteiger partial charge in [-0.3, -0.25) is 4.68 Å². The second kappa shape index (κ2) is 7.03. The first-order valence-corrected chi connectivity index (χ1v) is 9.04. The van der Waals surface area contributed by atoms with Gasteiger partial charge in [0.25, 0.3) is 0 Å². The highest BCUT2D eigenvalue weighted by Crippen LogP contribution is 2.28. The van der Waals surface area contributed by atoms with Gasteiger partial charge < -0.3 is 19.7 Å². The molecule has 4 rings (SSSR count). The van der Waals surface area contributed by atoms with Crippen LogP contribution in [-0.2, 0) is 11.8 Å². The Kier molecular flexibility index (Phi) is 4.57. The molecule has 1 aliphatic rings. The van der Waals surface area contributed by atoms with Crippen molar-refractivity contribution in [2.75, 3.05) is 30.4 Å². The van der Waals surface area contributed by atoms with Crippen LogP contribution in [0.25, 0.3) is 11.0 Å². The minimum atomic E-state index is 0.134. The van der Waals surface area contributed by atoms with Crippen LogP contribution in [0.5, 0.6) is 5.75 Å². The molecule has 0 saturated carbocycles. The van der Waals surface area contributed by atoms with Crippen molar-refractivity contribution in [2.24, 2.45) is 7.05 Å². The van der Waals surface area contributed by atoms with Crippen LogP contribution >= 0.6 is 0 Å². The topological polar surface area (TPSA) is 77.3 Å². The number of methoxy groups -OCH3 is 1. The average molecular weight is 368 g/mol. The normalized spacial score (nSPS) is 20.1. The predicted octanol–water partition coefficient (Wildman–Crippen LogP) is 2.73. The Bertz CT molecular complexity index is 947. The van der Waals surface area contributed by atoms with E-state index in [1.165, 1.54) is 0 Å². The summed E-state index contributed by atoms with van der Waals surface area (Å²) in [5.41, 5.74) is 1.69. The van der Waals surface area contributed by atoms with E-state index in [0.717, 1.165) is 41.4 Å². The van der Waals surface area contributed by atoms with Crippen LogP contribution in [0.4, 0.5) is 17.5 Å². The van der Waals surface area contributed by atoms with E-state index >= 15 is 0 Å². The van der Waals surface area contributed by atoms with Crippen LogP contribution in [0.1, 0.15) is 13.8 Å². The second-order valence-electron chi connectivity index (χ2n) is 6.90. The standard InChI is InChI=1S/C19H24N6O2/c1-12-10-25(11-13(2)27-12)19-22-17(16-9-20-24(3)18(16)23-19)21-14-6-5-7-15(8-14)26-4/h5-9,12-13H,10-11H2,1-4H3,(H,21,22,23)/t12-,13-/m1/s1. The summed E-state index contributed by atoms with van der Waals surface area (Å²) in [6.45, 7) is 5.65. The molecular formula is C19H24N6O2. The molecule has 0 spiro atoms. The second-order valence-corrected chi connectivity index (χ2v) is 6.90. The highest BCUT2D eigenvalue weighted by atomic mass is 16.5. The van der Waals surface area contributed by atoms with Gasteiger partial charge in [-0.1, -0.05) is 6.07 Å². The van der Waals surface area contributed by atoms with Crippen molar-refractivity contribution in [3.63, 3.8) is 0 Å². The number of hydrogen-bond acceptors (Lipinski definition) is 7. The third-order valence-electron chi connectivity index (χ3n) is 4.62. The Morgan fingerprint density at radius 3 is 2.70 bits per heavy atom. The third kappa shape index (κ3) is 3.52. The van der Waals surface area contributed by atoms with Crippen molar-refractivity contribution in [3.8, 4) is 5.75 Å². The van der Waals surface area contributed by atoms with Crippen molar-refractivity contribution in [3.05, 3.63) is 30.5 Å². The first-order valence-electron chi connectivity index (χ1n) is 9.04. The number of morpholine rings is 1. The molecule has 0 radical (unpaired) electrons. The first kappa shape index (κ1) is 17.5. The molecule has 3 heterocycles. The predicted molar refractivity (Wildman–Crippen MR) is 105 cm³/mol. The molecule has 1 N–H and O–H groups in total. The highest BCUT2D eigenvalue weighted by Gasteiger charge is 2.25. The lowest BCUT2D eigenvalue weighted by Gasteiger charge is -2.35. The monoisotopic (exact) mass is 368 g/mol. The fourth-order valence-electron chi connectivity index (χ4n) is 3.43. The molecule has 2 aromatic heterocycles. The van der Waals surface area contributed by atoms with E-state index in [0.29, 0.717) is 5.95 Å². The minimum absolute atomic E-state index is 0.134. The minimum Gasteiger partial charge on any atom is -0.497 e. The van der Waals surface area contributed by atoms with Crippen LogP contribution in [0.3, 0.4) is 0 Å². The molecular weight excluding hydrogens is 344 g/mol. The maximum atomic E-state index is 5.84. The molecule has 1 aromatic carbocycles. The number of aromatic nitrogens is 4. The molecule has 142 valence electrons. The summed E-state index contributed by atoms with van der Waals surface area (Å²) in [5.74, 6) is 2.19. The maximum Gasteiger partial charge on any atom is 0.229 e. The number of hydrogen-bond donors (Lipinski definition) is 1. The number of anilines is 3. The van der Waals surface area contributed by atoms with Crippen LogP contribution < -0.4 is 15.0 Å². The Labute approximate surface area is 158 Å². The van der Waals surface area contributed by atoms with Crippen LogP contribution in [-0.4, -0.2) is 52.2 Å². The molecule has 0 aliphatic carbocycles. The summed E-state index contributed by atoms with van der Waals surface area (Å²) in [6.07, 6.45) is 2.05. The lowest BCUT2D eigenvalue weighted by atomic mass is 10.2. The number of ether oxygens (including phenoxy) is 2. The Morgan fingerprint density at radius 1 is 1.19 bits per heavy atom. The summed E-state index contributed by atoms with van der Waals surface area (Å²) >= 11 is 0. The molecule has 0 bridgehead atoms. The highest BCUT2D eigenvalue weighted by molar-refractivity contribution is 5.89. The first-order chi connectivity index (χ1) is 13.0. The molecule has 8 heteroatoms. The molecule has 2 atom stereocenters. The molecule has 8 nitrogen and oxygen atoms in total. The van der Waals surface area contributed by atoms with E-state index in [4.69, 9.17) is 19.4 Å². The molecule has 1 saturated heterocycles. The number of aryl methyl sites for hydroxylation is 1. The van der Waals surface area contributed by atoms with Gasteiger partial charge >= 0.3 is 0 Å². The van der Waals surface area contributed by atoms with Crippen LogP contribution in [0, 0.1) is 0 Å². The number of nitrogens with one attached hydrogen (secondary N) is 1. The van der Waals surface area contributed by atoms with Crippen molar-refractivity contribution in [1.82, 2.24) is 19.7 Å². The quantitative estimate of drug-likeness (QED) is 0.759. The van der Waals surface area contributed by atoms with Gasteiger partial charge in [0.1, 0.15) is 11.6 Å². The zero-order valence-corrected chi connectivity index (χ0v) is 16.0. The average Bonchev–Trinajstić information content (AvgIpc) is 3.02. The molecule has 0 unspecified atom stereocenters. The maximum absolute atomic E-state index is 5.84. The van der Waals surface area contributed by atoms with Gasteiger partial charge in [0, 0.05) is 31.9 Å². The van der Waals surface area contributed by atoms with Gasteiger partial charge in [0.05, 0.1) is 30.9 Å². The fraction of sp³-hybridized carbons (Fsp3) is 0.421. The zero-order valence-electron chi connectivity index (χ0n) is 16.0. The van der Waals surface area contributed by atoms with Crippen molar-refractivity contribution in [1.29, 1.82) is 0 Å². The number of rotatable bonds is 4. The molecule has 27 heavy (non-hydrogen) atoms. The lowest BCUT2D eigenvalue weighted by Crippen LogP contribution is -2.46. The van der Waals surface area contributed by atoms with Gasteiger partial charge in [-0.15, -0.1) is 0 Å². The van der Waals surface area contributed by atoms with Crippen molar-refractivity contribution < 1.29 is 9.47 Å². The van der Waals surface area contributed by atoms with E-state index < -0.39 is 0 Å². The van der Waals surface area contributed by atoms with E-state index in [9.17, 15) is 0 Å². The Balaban J connectivity index is 1.75. The van der Waals surface area contributed by atoms with Gasteiger partial charge in [-0.2, -0.15) is 15.1 Å².